The molecule has 1 aromatic rings. The lowest BCUT2D eigenvalue weighted by Gasteiger charge is -2.36. The summed E-state index contributed by atoms with van der Waals surface area (Å²) in [6.45, 7) is 9.30. The van der Waals surface area contributed by atoms with Gasteiger partial charge in [-0.05, 0) is 43.4 Å². The molecule has 2 rings (SSSR count). The topological polar surface area (TPSA) is 43.8 Å². The van der Waals surface area contributed by atoms with Gasteiger partial charge in [-0.2, -0.15) is 0 Å². The fourth-order valence-electron chi connectivity index (χ4n) is 3.56. The molecule has 3 nitrogen and oxygen atoms in total. The zero-order valence-electron chi connectivity index (χ0n) is 13.9. The van der Waals surface area contributed by atoms with Crippen molar-refractivity contribution in [1.29, 1.82) is 0 Å². The number of imidazole rings is 1. The van der Waals surface area contributed by atoms with Crippen LogP contribution in [-0.2, 0) is 13.5 Å². The maximum absolute atomic E-state index is 6.29. The van der Waals surface area contributed by atoms with Gasteiger partial charge in [-0.1, -0.05) is 27.7 Å². The highest BCUT2D eigenvalue weighted by atomic mass is 15.1. The summed E-state index contributed by atoms with van der Waals surface area (Å²) < 4.78 is 2.09. The Bertz CT molecular complexity index is 446. The van der Waals surface area contributed by atoms with Crippen molar-refractivity contribution in [1.82, 2.24) is 9.55 Å². The van der Waals surface area contributed by atoms with E-state index < -0.39 is 0 Å². The van der Waals surface area contributed by atoms with Gasteiger partial charge in [-0.3, -0.25) is 0 Å². The van der Waals surface area contributed by atoms with Crippen LogP contribution in [0.2, 0.25) is 0 Å². The van der Waals surface area contributed by atoms with Crippen LogP contribution in [0.5, 0.6) is 0 Å². The van der Waals surface area contributed by atoms with Crippen LogP contribution in [0.4, 0.5) is 5.82 Å². The monoisotopic (exact) mass is 277 g/mol. The van der Waals surface area contributed by atoms with Crippen molar-refractivity contribution in [2.75, 3.05) is 5.73 Å². The first-order valence-electron chi connectivity index (χ1n) is 8.15. The second-order valence-corrected chi connectivity index (χ2v) is 7.52. The number of anilines is 1. The van der Waals surface area contributed by atoms with Crippen molar-refractivity contribution in [3.8, 4) is 0 Å². The molecule has 3 heteroatoms. The fraction of sp³-hybridized carbons (Fsp3) is 0.824. The molecule has 0 aromatic carbocycles. The van der Waals surface area contributed by atoms with Crippen molar-refractivity contribution in [3.05, 3.63) is 11.5 Å². The molecule has 1 saturated carbocycles. The second kappa shape index (κ2) is 5.79. The quantitative estimate of drug-likeness (QED) is 0.896. The maximum Gasteiger partial charge on any atom is 0.126 e. The molecule has 0 spiro atoms. The number of aryl methyl sites for hydroxylation is 1. The Hall–Kier alpha value is -0.990. The number of aromatic nitrogens is 2. The molecule has 20 heavy (non-hydrogen) atoms. The molecule has 0 atom stereocenters. The van der Waals surface area contributed by atoms with Crippen LogP contribution in [0.1, 0.15) is 77.2 Å². The van der Waals surface area contributed by atoms with E-state index in [4.69, 9.17) is 10.7 Å². The van der Waals surface area contributed by atoms with E-state index in [9.17, 15) is 0 Å². The Kier molecular flexibility index (Phi) is 4.46. The van der Waals surface area contributed by atoms with Crippen molar-refractivity contribution in [2.24, 2.45) is 18.4 Å². The zero-order chi connectivity index (χ0) is 14.9. The van der Waals surface area contributed by atoms with Gasteiger partial charge >= 0.3 is 0 Å². The normalized spacial score (nSPS) is 24.1. The van der Waals surface area contributed by atoms with Gasteiger partial charge in [-0.15, -0.1) is 0 Å². The van der Waals surface area contributed by atoms with Crippen LogP contribution in [0, 0.1) is 11.3 Å². The molecule has 1 heterocycles. The summed E-state index contributed by atoms with van der Waals surface area (Å²) >= 11 is 0. The third-order valence-corrected chi connectivity index (χ3v) is 5.07. The van der Waals surface area contributed by atoms with E-state index in [1.807, 2.05) is 0 Å². The standard InChI is InChI=1S/C17H31N3/c1-6-7-14-19-15(16(18)20(14)5)12-8-10-13(11-9-12)17(2,3)4/h12-13H,6-11,18H2,1-5H3. The molecule has 0 unspecified atom stereocenters. The van der Waals surface area contributed by atoms with Crippen molar-refractivity contribution < 1.29 is 0 Å². The van der Waals surface area contributed by atoms with Crippen LogP contribution in [0.25, 0.3) is 0 Å². The molecular weight excluding hydrogens is 246 g/mol. The molecular formula is C17H31N3. The van der Waals surface area contributed by atoms with Gasteiger partial charge in [0.25, 0.3) is 0 Å². The van der Waals surface area contributed by atoms with E-state index in [0.29, 0.717) is 11.3 Å². The van der Waals surface area contributed by atoms with E-state index in [1.165, 1.54) is 31.4 Å². The molecule has 0 radical (unpaired) electrons. The van der Waals surface area contributed by atoms with E-state index in [0.717, 1.165) is 30.4 Å². The first-order valence-corrected chi connectivity index (χ1v) is 8.15. The lowest BCUT2D eigenvalue weighted by molar-refractivity contribution is 0.168. The third-order valence-electron chi connectivity index (χ3n) is 5.07. The molecule has 0 saturated heterocycles. The molecule has 1 aromatic heterocycles. The SMILES string of the molecule is CCCc1nc(C2CCC(C(C)(C)C)CC2)c(N)n1C. The number of rotatable bonds is 3. The number of nitrogens with two attached hydrogens (primary N) is 1. The highest BCUT2D eigenvalue weighted by Gasteiger charge is 2.32. The van der Waals surface area contributed by atoms with Gasteiger partial charge in [0.15, 0.2) is 0 Å². The van der Waals surface area contributed by atoms with E-state index in [2.05, 4.69) is 39.3 Å². The van der Waals surface area contributed by atoms with E-state index in [-0.39, 0.29) is 0 Å². The van der Waals surface area contributed by atoms with E-state index in [1.54, 1.807) is 0 Å². The molecule has 0 bridgehead atoms. The molecule has 1 fully saturated rings. The summed E-state index contributed by atoms with van der Waals surface area (Å²) in [4.78, 5) is 4.85. The van der Waals surface area contributed by atoms with Gasteiger partial charge in [0.1, 0.15) is 11.6 Å². The average Bonchev–Trinajstić information content (AvgIpc) is 2.67. The number of hydrogen-bond donors (Lipinski definition) is 1. The maximum atomic E-state index is 6.29. The van der Waals surface area contributed by atoms with Crippen LogP contribution in [0.15, 0.2) is 0 Å². The Labute approximate surface area is 124 Å². The second-order valence-electron chi connectivity index (χ2n) is 7.52. The highest BCUT2D eigenvalue weighted by molar-refractivity contribution is 5.40. The van der Waals surface area contributed by atoms with Gasteiger partial charge in [0.2, 0.25) is 0 Å². The largest absolute Gasteiger partial charge is 0.384 e. The van der Waals surface area contributed by atoms with Crippen LogP contribution < -0.4 is 5.73 Å². The Morgan fingerprint density at radius 3 is 2.30 bits per heavy atom. The average molecular weight is 277 g/mol. The summed E-state index contributed by atoms with van der Waals surface area (Å²) in [5, 5.41) is 0. The summed E-state index contributed by atoms with van der Waals surface area (Å²) in [6.07, 6.45) is 7.27. The van der Waals surface area contributed by atoms with Crippen molar-refractivity contribution in [2.45, 2.75) is 72.1 Å². The van der Waals surface area contributed by atoms with Gasteiger partial charge in [0.05, 0.1) is 5.69 Å². The lowest BCUT2D eigenvalue weighted by Crippen LogP contribution is -2.25. The lowest BCUT2D eigenvalue weighted by atomic mass is 9.69. The van der Waals surface area contributed by atoms with Crippen LogP contribution in [0.3, 0.4) is 0 Å². The molecule has 0 aliphatic heterocycles. The molecule has 1 aliphatic carbocycles. The Balaban J connectivity index is 2.09. The summed E-state index contributed by atoms with van der Waals surface area (Å²) in [7, 11) is 2.05. The first-order chi connectivity index (χ1) is 9.34. The molecule has 0 amide bonds. The van der Waals surface area contributed by atoms with Crippen molar-refractivity contribution in [3.63, 3.8) is 0 Å². The molecule has 114 valence electrons. The minimum Gasteiger partial charge on any atom is -0.384 e. The Morgan fingerprint density at radius 1 is 1.20 bits per heavy atom. The fourth-order valence-corrected chi connectivity index (χ4v) is 3.56. The zero-order valence-corrected chi connectivity index (χ0v) is 13.9. The van der Waals surface area contributed by atoms with E-state index >= 15 is 0 Å². The molecule has 2 N–H and O–H groups in total. The first kappa shape index (κ1) is 15.4. The Morgan fingerprint density at radius 2 is 1.80 bits per heavy atom. The van der Waals surface area contributed by atoms with Gasteiger partial charge in [-0.25, -0.2) is 4.98 Å². The van der Waals surface area contributed by atoms with Crippen LogP contribution in [-0.4, -0.2) is 9.55 Å². The predicted octanol–water partition coefficient (Wildman–Crippen LogP) is 4.27. The van der Waals surface area contributed by atoms with Gasteiger partial charge < -0.3 is 10.3 Å². The summed E-state index contributed by atoms with van der Waals surface area (Å²) in [6, 6.07) is 0. The number of hydrogen-bond acceptors (Lipinski definition) is 2. The number of nitrogen functional groups attached to an aromatic ring is 1. The summed E-state index contributed by atoms with van der Waals surface area (Å²) in [5.41, 5.74) is 7.89. The van der Waals surface area contributed by atoms with Crippen LogP contribution >= 0.6 is 0 Å². The predicted molar refractivity (Wildman–Crippen MR) is 85.8 cm³/mol. The minimum atomic E-state index is 0.438. The van der Waals surface area contributed by atoms with Crippen molar-refractivity contribution >= 4 is 5.82 Å². The minimum absolute atomic E-state index is 0.438. The van der Waals surface area contributed by atoms with Gasteiger partial charge in [0, 0.05) is 19.4 Å². The number of nitrogens with zero attached hydrogens (tertiary/aromatic N) is 2. The third kappa shape index (κ3) is 3.02. The summed E-state index contributed by atoms with van der Waals surface area (Å²) in [5.74, 6) is 3.47. The highest BCUT2D eigenvalue weighted by Crippen LogP contribution is 2.44. The molecule has 1 aliphatic rings. The smallest absolute Gasteiger partial charge is 0.126 e.